The van der Waals surface area contributed by atoms with Gasteiger partial charge in [0.05, 0.1) is 5.75 Å². The smallest absolute Gasteiger partial charge is 0.410 e. The molecule has 0 N–H and O–H groups in total. The lowest BCUT2D eigenvalue weighted by atomic mass is 10.2. The number of carbonyl (C=O) groups excluding carboxylic acids is 1. The van der Waals surface area contributed by atoms with E-state index in [2.05, 4.69) is 0 Å². The molecule has 0 saturated carbocycles. The number of amides is 1. The van der Waals surface area contributed by atoms with Crippen LogP contribution in [0.1, 0.15) is 33.3 Å². The van der Waals surface area contributed by atoms with Crippen LogP contribution < -0.4 is 0 Å². The second-order valence-corrected chi connectivity index (χ2v) is 9.60. The Bertz CT molecular complexity index is 730. The van der Waals surface area contributed by atoms with Gasteiger partial charge in [0.2, 0.25) is 10.0 Å². The van der Waals surface area contributed by atoms with Crippen molar-refractivity contribution in [2.75, 3.05) is 19.6 Å². The molecule has 0 unspecified atom stereocenters. The van der Waals surface area contributed by atoms with Gasteiger partial charge < -0.3 is 9.64 Å². The zero-order valence-corrected chi connectivity index (χ0v) is 16.6. The molecule has 2 rings (SSSR count). The molecule has 1 atom stereocenters. The minimum atomic E-state index is -3.51. The van der Waals surface area contributed by atoms with Gasteiger partial charge in [0, 0.05) is 30.7 Å². The Morgan fingerprint density at radius 3 is 2.48 bits per heavy atom. The summed E-state index contributed by atoms with van der Waals surface area (Å²) in [6.07, 6.45) is -0.414. The lowest BCUT2D eigenvalue weighted by molar-refractivity contribution is 0.00857. The van der Waals surface area contributed by atoms with E-state index in [0.29, 0.717) is 17.1 Å². The zero-order valence-electron chi connectivity index (χ0n) is 15.0. The predicted molar refractivity (Wildman–Crippen MR) is 98.1 cm³/mol. The normalized spacial score (nSPS) is 19.7. The molecule has 1 fully saturated rings. The van der Waals surface area contributed by atoms with E-state index in [-0.39, 0.29) is 24.9 Å². The van der Waals surface area contributed by atoms with Gasteiger partial charge in [-0.3, -0.25) is 0 Å². The van der Waals surface area contributed by atoms with Gasteiger partial charge in [-0.25, -0.2) is 13.2 Å². The fourth-order valence-electron chi connectivity index (χ4n) is 2.67. The molecule has 1 aromatic rings. The van der Waals surface area contributed by atoms with Crippen LogP contribution >= 0.6 is 11.6 Å². The number of nitrogens with zero attached hydrogens (tertiary/aromatic N) is 2. The summed E-state index contributed by atoms with van der Waals surface area (Å²) in [6.45, 7) is 8.03. The molecule has 0 radical (unpaired) electrons. The van der Waals surface area contributed by atoms with Crippen molar-refractivity contribution < 1.29 is 17.9 Å². The molecule has 1 heterocycles. The molecule has 140 valence electrons. The monoisotopic (exact) mass is 388 g/mol. The minimum absolute atomic E-state index is 0.147. The summed E-state index contributed by atoms with van der Waals surface area (Å²) >= 11 is 6.07. The topological polar surface area (TPSA) is 66.9 Å². The first kappa shape index (κ1) is 20.0. The number of rotatable bonds is 3. The highest BCUT2D eigenvalue weighted by molar-refractivity contribution is 7.88. The maximum Gasteiger partial charge on any atom is 0.410 e. The standard InChI is InChI=1S/C17H25ClN2O4S/c1-13-11-19(9-10-20(13)16(21)24-17(2,3)4)25(22,23)12-14-7-5-6-8-15(14)18/h5-8,13H,9-12H2,1-4H3/t13-/m0/s1. The highest BCUT2D eigenvalue weighted by atomic mass is 35.5. The number of sulfonamides is 1. The van der Waals surface area contributed by atoms with Crippen LogP contribution in [-0.2, 0) is 20.5 Å². The first-order chi connectivity index (χ1) is 11.5. The molecule has 0 spiro atoms. The Morgan fingerprint density at radius 1 is 1.28 bits per heavy atom. The lowest BCUT2D eigenvalue weighted by Gasteiger charge is -2.39. The molecule has 1 aromatic carbocycles. The van der Waals surface area contributed by atoms with Crippen LogP contribution in [0.3, 0.4) is 0 Å². The Balaban J connectivity index is 2.04. The fourth-order valence-corrected chi connectivity index (χ4v) is 4.58. The molecule has 25 heavy (non-hydrogen) atoms. The van der Waals surface area contributed by atoms with E-state index in [1.54, 1.807) is 49.9 Å². The number of piperazine rings is 1. The van der Waals surface area contributed by atoms with Gasteiger partial charge in [0.15, 0.2) is 0 Å². The summed E-state index contributed by atoms with van der Waals surface area (Å²) in [5.74, 6) is -0.147. The molecule has 0 aromatic heterocycles. The van der Waals surface area contributed by atoms with E-state index in [0.717, 1.165) is 0 Å². The van der Waals surface area contributed by atoms with E-state index >= 15 is 0 Å². The van der Waals surface area contributed by atoms with Gasteiger partial charge in [0.1, 0.15) is 5.60 Å². The molecule has 1 amide bonds. The summed E-state index contributed by atoms with van der Waals surface area (Å²) in [5, 5.41) is 0.437. The summed E-state index contributed by atoms with van der Waals surface area (Å²) in [6, 6.07) is 6.65. The number of ether oxygens (including phenoxy) is 1. The van der Waals surface area contributed by atoms with Crippen LogP contribution in [0, 0.1) is 0 Å². The maximum atomic E-state index is 12.7. The van der Waals surface area contributed by atoms with Crippen LogP contribution in [-0.4, -0.2) is 55.0 Å². The van der Waals surface area contributed by atoms with Gasteiger partial charge in [-0.05, 0) is 39.3 Å². The van der Waals surface area contributed by atoms with Crippen LogP contribution in [0.15, 0.2) is 24.3 Å². The van der Waals surface area contributed by atoms with E-state index < -0.39 is 21.7 Å². The maximum absolute atomic E-state index is 12.7. The number of carbonyl (C=O) groups is 1. The second kappa shape index (κ2) is 7.51. The zero-order chi connectivity index (χ0) is 18.8. The predicted octanol–water partition coefficient (Wildman–Crippen LogP) is 3.11. The summed E-state index contributed by atoms with van der Waals surface area (Å²) in [5.41, 5.74) is -0.00393. The Kier molecular flexibility index (Phi) is 6.01. The first-order valence-electron chi connectivity index (χ1n) is 8.20. The molecule has 1 aliphatic heterocycles. The Morgan fingerprint density at radius 2 is 1.92 bits per heavy atom. The van der Waals surface area contributed by atoms with Crippen LogP contribution in [0.4, 0.5) is 4.79 Å². The molecule has 1 aliphatic rings. The van der Waals surface area contributed by atoms with Crippen molar-refractivity contribution in [3.63, 3.8) is 0 Å². The van der Waals surface area contributed by atoms with Gasteiger partial charge in [0.25, 0.3) is 0 Å². The van der Waals surface area contributed by atoms with Crippen molar-refractivity contribution in [3.05, 3.63) is 34.9 Å². The molecule has 8 heteroatoms. The van der Waals surface area contributed by atoms with E-state index in [4.69, 9.17) is 16.3 Å². The van der Waals surface area contributed by atoms with E-state index in [1.807, 2.05) is 6.92 Å². The fraction of sp³-hybridized carbons (Fsp3) is 0.588. The highest BCUT2D eigenvalue weighted by Crippen LogP contribution is 2.22. The van der Waals surface area contributed by atoms with Crippen molar-refractivity contribution in [2.24, 2.45) is 0 Å². The number of hydrogen-bond donors (Lipinski definition) is 0. The van der Waals surface area contributed by atoms with Gasteiger partial charge in [-0.1, -0.05) is 29.8 Å². The van der Waals surface area contributed by atoms with Crippen LogP contribution in [0.25, 0.3) is 0 Å². The second-order valence-electron chi connectivity index (χ2n) is 7.23. The third-order valence-electron chi connectivity index (χ3n) is 3.91. The third-order valence-corrected chi connectivity index (χ3v) is 6.07. The summed E-state index contributed by atoms with van der Waals surface area (Å²) in [7, 11) is -3.51. The third kappa shape index (κ3) is 5.33. The van der Waals surface area contributed by atoms with Crippen molar-refractivity contribution in [1.82, 2.24) is 9.21 Å². The number of benzene rings is 1. The molecule has 0 aliphatic carbocycles. The largest absolute Gasteiger partial charge is 0.444 e. The molecule has 1 saturated heterocycles. The van der Waals surface area contributed by atoms with Crippen molar-refractivity contribution in [2.45, 2.75) is 45.1 Å². The average Bonchev–Trinajstić information content (AvgIpc) is 2.47. The van der Waals surface area contributed by atoms with Crippen LogP contribution in [0.5, 0.6) is 0 Å². The summed E-state index contributed by atoms with van der Waals surface area (Å²) < 4.78 is 32.2. The highest BCUT2D eigenvalue weighted by Gasteiger charge is 2.35. The molecule has 6 nitrogen and oxygen atoms in total. The lowest BCUT2D eigenvalue weighted by Crippen LogP contribution is -2.56. The van der Waals surface area contributed by atoms with Crippen molar-refractivity contribution in [3.8, 4) is 0 Å². The number of hydrogen-bond acceptors (Lipinski definition) is 4. The Hall–Kier alpha value is -1.31. The first-order valence-corrected chi connectivity index (χ1v) is 10.2. The van der Waals surface area contributed by atoms with Gasteiger partial charge >= 0.3 is 6.09 Å². The minimum Gasteiger partial charge on any atom is -0.444 e. The summed E-state index contributed by atoms with van der Waals surface area (Å²) in [4.78, 5) is 13.8. The van der Waals surface area contributed by atoms with Crippen molar-refractivity contribution in [1.29, 1.82) is 0 Å². The van der Waals surface area contributed by atoms with Crippen molar-refractivity contribution >= 4 is 27.7 Å². The molecular formula is C17H25ClN2O4S. The quantitative estimate of drug-likeness (QED) is 0.797. The van der Waals surface area contributed by atoms with E-state index in [1.165, 1.54) is 4.31 Å². The van der Waals surface area contributed by atoms with Crippen LogP contribution in [0.2, 0.25) is 5.02 Å². The molecule has 0 bridgehead atoms. The van der Waals surface area contributed by atoms with Gasteiger partial charge in [-0.2, -0.15) is 4.31 Å². The van der Waals surface area contributed by atoms with Gasteiger partial charge in [-0.15, -0.1) is 0 Å². The Labute approximate surface area is 154 Å². The average molecular weight is 389 g/mol. The SMILES string of the molecule is C[C@H]1CN(S(=O)(=O)Cc2ccccc2Cl)CCN1C(=O)OC(C)(C)C. The molecular weight excluding hydrogens is 364 g/mol. The van der Waals surface area contributed by atoms with E-state index in [9.17, 15) is 13.2 Å². The number of halogens is 1.